The highest BCUT2D eigenvalue weighted by Gasteiger charge is 2.23. The van der Waals surface area contributed by atoms with Crippen molar-refractivity contribution in [3.63, 3.8) is 0 Å². The molecule has 0 bridgehead atoms. The van der Waals surface area contributed by atoms with Crippen LogP contribution in [-0.2, 0) is 19.2 Å². The Balaban J connectivity index is 4.35. The Hall–Kier alpha value is -1.85. The number of nitrogens with one attached hydrogen (secondary N) is 3. The molecular weight excluding hydrogens is 316 g/mol. The molecule has 10 nitrogen and oxygen atoms in total. The first kappa shape index (κ1) is 20.1. The van der Waals surface area contributed by atoms with Gasteiger partial charge in [0.2, 0.25) is 17.7 Å². The fourth-order valence-corrected chi connectivity index (χ4v) is 1.37. The topological polar surface area (TPSA) is 171 Å². The maximum absolute atomic E-state index is 11.7. The van der Waals surface area contributed by atoms with Crippen molar-refractivity contribution in [3.05, 3.63) is 0 Å². The second kappa shape index (κ2) is 9.97. The first-order valence-corrected chi connectivity index (χ1v) is 6.93. The number of amides is 3. The monoisotopic (exact) mass is 336 g/mol. The Morgan fingerprint density at radius 3 is 2.23 bits per heavy atom. The summed E-state index contributed by atoms with van der Waals surface area (Å²) in [4.78, 5) is 45.1. The summed E-state index contributed by atoms with van der Waals surface area (Å²) < 4.78 is 0. The number of carboxylic acid groups (broad SMARTS) is 1. The Bertz CT molecular complexity index is 433. The van der Waals surface area contributed by atoms with E-state index in [0.717, 1.165) is 0 Å². The number of hydrogen-bond acceptors (Lipinski definition) is 7. The van der Waals surface area contributed by atoms with Gasteiger partial charge in [0.15, 0.2) is 0 Å². The summed E-state index contributed by atoms with van der Waals surface area (Å²) in [5.41, 5.74) is 5.40. The predicted molar refractivity (Wildman–Crippen MR) is 79.1 cm³/mol. The van der Waals surface area contributed by atoms with Crippen molar-refractivity contribution in [2.24, 2.45) is 5.73 Å². The van der Waals surface area contributed by atoms with Crippen LogP contribution in [0.2, 0.25) is 0 Å². The summed E-state index contributed by atoms with van der Waals surface area (Å²) >= 11 is 3.82. The van der Waals surface area contributed by atoms with Crippen molar-refractivity contribution < 1.29 is 29.4 Å². The highest BCUT2D eigenvalue weighted by atomic mass is 32.1. The Morgan fingerprint density at radius 1 is 1.18 bits per heavy atom. The van der Waals surface area contributed by atoms with Crippen molar-refractivity contribution in [2.45, 2.75) is 25.0 Å². The van der Waals surface area contributed by atoms with Crippen LogP contribution in [0, 0.1) is 0 Å². The smallest absolute Gasteiger partial charge is 0.325 e. The summed E-state index contributed by atoms with van der Waals surface area (Å²) in [7, 11) is 0. The largest absolute Gasteiger partial charge is 0.480 e. The molecule has 3 atom stereocenters. The van der Waals surface area contributed by atoms with Gasteiger partial charge in [0.1, 0.15) is 12.1 Å². The number of hydrogen-bond donors (Lipinski definition) is 7. The lowest BCUT2D eigenvalue weighted by Crippen LogP contribution is -2.55. The summed E-state index contributed by atoms with van der Waals surface area (Å²) in [6.07, 6.45) is 0. The van der Waals surface area contributed by atoms with Crippen molar-refractivity contribution in [1.29, 1.82) is 0 Å². The molecule has 0 heterocycles. The van der Waals surface area contributed by atoms with Gasteiger partial charge in [0.25, 0.3) is 0 Å². The van der Waals surface area contributed by atoms with Gasteiger partial charge in [-0.1, -0.05) is 0 Å². The fourth-order valence-electron chi connectivity index (χ4n) is 1.20. The zero-order valence-corrected chi connectivity index (χ0v) is 12.8. The molecule has 126 valence electrons. The van der Waals surface area contributed by atoms with Gasteiger partial charge < -0.3 is 31.9 Å². The molecule has 0 spiro atoms. The average Bonchev–Trinajstić information content (AvgIpc) is 2.48. The minimum absolute atomic E-state index is 0.0566. The van der Waals surface area contributed by atoms with Crippen LogP contribution in [0.25, 0.3) is 0 Å². The molecule has 0 saturated carbocycles. The van der Waals surface area contributed by atoms with Gasteiger partial charge in [-0.3, -0.25) is 19.2 Å². The highest BCUT2D eigenvalue weighted by Crippen LogP contribution is 1.89. The number of aliphatic carboxylic acids is 1. The van der Waals surface area contributed by atoms with Gasteiger partial charge in [-0.2, -0.15) is 12.6 Å². The van der Waals surface area contributed by atoms with E-state index < -0.39 is 55.0 Å². The van der Waals surface area contributed by atoms with Gasteiger partial charge in [-0.05, 0) is 6.92 Å². The molecule has 0 aromatic rings. The number of carbonyl (C=O) groups is 4. The fraction of sp³-hybridized carbons (Fsp3) is 0.636. The van der Waals surface area contributed by atoms with Gasteiger partial charge in [-0.15, -0.1) is 0 Å². The zero-order valence-electron chi connectivity index (χ0n) is 11.9. The molecule has 0 aliphatic carbocycles. The molecule has 11 heteroatoms. The molecular formula is C11H20N4O6S. The van der Waals surface area contributed by atoms with E-state index in [2.05, 4.69) is 28.6 Å². The summed E-state index contributed by atoms with van der Waals surface area (Å²) in [6, 6.07) is -3.32. The Labute approximate surface area is 132 Å². The molecule has 0 rings (SSSR count). The molecule has 22 heavy (non-hydrogen) atoms. The quantitative estimate of drug-likeness (QED) is 0.213. The molecule has 0 aliphatic heterocycles. The van der Waals surface area contributed by atoms with Crippen LogP contribution in [0.15, 0.2) is 0 Å². The van der Waals surface area contributed by atoms with Crippen LogP contribution in [-0.4, -0.2) is 70.9 Å². The van der Waals surface area contributed by atoms with Crippen LogP contribution < -0.4 is 21.7 Å². The predicted octanol–water partition coefficient (Wildman–Crippen LogP) is -3.57. The maximum atomic E-state index is 11.7. The molecule has 0 aromatic heterocycles. The van der Waals surface area contributed by atoms with E-state index in [1.54, 1.807) is 0 Å². The first-order valence-electron chi connectivity index (χ1n) is 6.30. The molecule has 0 radical (unpaired) electrons. The minimum Gasteiger partial charge on any atom is -0.480 e. The summed E-state index contributed by atoms with van der Waals surface area (Å²) in [6.45, 7) is 0.0725. The molecule has 0 fully saturated rings. The average molecular weight is 336 g/mol. The van der Waals surface area contributed by atoms with Crippen LogP contribution in [0.5, 0.6) is 0 Å². The van der Waals surface area contributed by atoms with E-state index in [0.29, 0.717) is 0 Å². The number of thiol groups is 1. The van der Waals surface area contributed by atoms with Gasteiger partial charge in [0, 0.05) is 5.75 Å². The Kier molecular flexibility index (Phi) is 9.13. The second-order valence-electron chi connectivity index (χ2n) is 4.38. The molecule has 0 aliphatic rings. The third kappa shape index (κ3) is 7.24. The summed E-state index contributed by atoms with van der Waals surface area (Å²) in [5, 5.41) is 24.2. The SMILES string of the molecule is CC(NC(=O)CNC(=O)C(CO)NC(=O)C(N)CS)C(=O)O. The van der Waals surface area contributed by atoms with Gasteiger partial charge >= 0.3 is 5.97 Å². The third-order valence-electron chi connectivity index (χ3n) is 2.52. The van der Waals surface area contributed by atoms with Crippen molar-refractivity contribution in [2.75, 3.05) is 18.9 Å². The van der Waals surface area contributed by atoms with Crippen LogP contribution in [0.4, 0.5) is 0 Å². The molecule has 0 saturated heterocycles. The number of rotatable bonds is 9. The number of carboxylic acids is 1. The van der Waals surface area contributed by atoms with Crippen molar-refractivity contribution in [1.82, 2.24) is 16.0 Å². The Morgan fingerprint density at radius 2 is 1.77 bits per heavy atom. The highest BCUT2D eigenvalue weighted by molar-refractivity contribution is 7.80. The normalized spacial score (nSPS) is 14.4. The van der Waals surface area contributed by atoms with Crippen molar-refractivity contribution in [3.8, 4) is 0 Å². The van der Waals surface area contributed by atoms with Gasteiger partial charge in [0.05, 0.1) is 19.2 Å². The van der Waals surface area contributed by atoms with E-state index in [1.807, 2.05) is 0 Å². The number of nitrogens with two attached hydrogens (primary N) is 1. The summed E-state index contributed by atoms with van der Waals surface area (Å²) in [5.74, 6) is -3.37. The lowest BCUT2D eigenvalue weighted by Gasteiger charge is -2.18. The van der Waals surface area contributed by atoms with E-state index >= 15 is 0 Å². The van der Waals surface area contributed by atoms with Crippen LogP contribution >= 0.6 is 12.6 Å². The van der Waals surface area contributed by atoms with E-state index in [-0.39, 0.29) is 5.75 Å². The third-order valence-corrected chi connectivity index (χ3v) is 2.91. The lowest BCUT2D eigenvalue weighted by molar-refractivity contribution is -0.141. The molecule has 7 N–H and O–H groups in total. The van der Waals surface area contributed by atoms with E-state index in [4.69, 9.17) is 15.9 Å². The maximum Gasteiger partial charge on any atom is 0.325 e. The number of aliphatic hydroxyl groups is 1. The first-order chi connectivity index (χ1) is 10.2. The number of carbonyl (C=O) groups excluding carboxylic acids is 3. The van der Waals surface area contributed by atoms with Gasteiger partial charge in [-0.25, -0.2) is 0 Å². The minimum atomic E-state index is -1.27. The molecule has 3 amide bonds. The lowest BCUT2D eigenvalue weighted by atomic mass is 10.2. The van der Waals surface area contributed by atoms with Crippen LogP contribution in [0.3, 0.4) is 0 Å². The van der Waals surface area contributed by atoms with E-state index in [1.165, 1.54) is 6.92 Å². The second-order valence-corrected chi connectivity index (χ2v) is 4.74. The number of aliphatic hydroxyl groups excluding tert-OH is 1. The van der Waals surface area contributed by atoms with Crippen LogP contribution in [0.1, 0.15) is 6.92 Å². The molecule has 3 unspecified atom stereocenters. The standard InChI is InChI=1S/C11H20N4O6S/c1-5(11(20)21)14-8(17)2-13-10(19)7(3-16)15-9(18)6(12)4-22/h5-7,16,22H,2-4,12H2,1H3,(H,13,19)(H,14,17)(H,15,18)(H,20,21). The van der Waals surface area contributed by atoms with Crippen molar-refractivity contribution >= 4 is 36.3 Å². The van der Waals surface area contributed by atoms with E-state index in [9.17, 15) is 19.2 Å². The zero-order chi connectivity index (χ0) is 17.3. The molecule has 0 aromatic carbocycles.